The molecule has 1 saturated heterocycles. The lowest BCUT2D eigenvalue weighted by Crippen LogP contribution is -2.61. The van der Waals surface area contributed by atoms with E-state index in [1.54, 1.807) is 6.08 Å². The third kappa shape index (κ3) is 32.0. The van der Waals surface area contributed by atoms with E-state index in [0.29, 0.717) is 12.8 Å². The van der Waals surface area contributed by atoms with Gasteiger partial charge in [0.25, 0.3) is 0 Å². The van der Waals surface area contributed by atoms with Crippen molar-refractivity contribution in [3.05, 3.63) is 72.9 Å². The van der Waals surface area contributed by atoms with Gasteiger partial charge in [0.05, 0.1) is 25.4 Å². The molecule has 1 aliphatic heterocycles. The Kier molecular flexibility index (Phi) is 40.2. The number of rotatable bonds is 42. The number of unbranched alkanes of at least 4 members (excludes halogenated alkanes) is 21. The lowest BCUT2D eigenvalue weighted by molar-refractivity contribution is -0.305. The van der Waals surface area contributed by atoms with E-state index in [9.17, 15) is 35.1 Å². The lowest BCUT2D eigenvalue weighted by Gasteiger charge is -2.41. The summed E-state index contributed by atoms with van der Waals surface area (Å²) in [4.78, 5) is 26.3. The van der Waals surface area contributed by atoms with E-state index in [1.807, 2.05) is 48.6 Å². The predicted molar refractivity (Wildman–Crippen MR) is 269 cm³/mol. The summed E-state index contributed by atoms with van der Waals surface area (Å²) < 4.78 is 17.5. The van der Waals surface area contributed by atoms with Gasteiger partial charge in [0.1, 0.15) is 24.4 Å². The minimum Gasteiger partial charge on any atom is -0.454 e. The van der Waals surface area contributed by atoms with Crippen LogP contribution in [0, 0.1) is 0 Å². The number of carbonyl (C=O) groups excluding carboxylic acids is 2. The first-order valence-corrected chi connectivity index (χ1v) is 26.3. The molecule has 1 amide bonds. The largest absolute Gasteiger partial charge is 0.454 e. The van der Waals surface area contributed by atoms with Gasteiger partial charge in [0.15, 0.2) is 12.4 Å². The van der Waals surface area contributed by atoms with Crippen molar-refractivity contribution < 1.29 is 49.3 Å². The molecule has 0 aromatic rings. The van der Waals surface area contributed by atoms with Gasteiger partial charge in [-0.3, -0.25) is 9.59 Å². The second-order valence-electron chi connectivity index (χ2n) is 18.0. The number of hydrogen-bond acceptors (Lipinski definition) is 10. The van der Waals surface area contributed by atoms with E-state index in [2.05, 4.69) is 44.3 Å². The maximum Gasteiger partial charge on any atom is 0.306 e. The molecule has 11 heteroatoms. The standard InChI is InChI=1S/C55H95NO10/c1-4-7-10-13-16-19-22-24-25-28-31-34-37-40-43-50(60)66-53-52(62)51(61)49(44-57)65-55(53)64-45-46(47(58)41-38-35-32-29-26-21-18-15-12-9-6-3)56-54(63)48(59)42-39-36-33-30-27-23-20-17-14-11-8-5-2/h8,11,14,17,20,23,25,27-28,30,38,41,46-49,51-53,55,57-59,61-62H,4-7,9-10,12-13,15-16,18-19,21-22,24,26,29,31-37,39-40,42-45H2,1-3H3,(H,56,63)/b11-8+,17-14+,23-20-,28-25-,30-27-,41-38+. The highest BCUT2D eigenvalue weighted by Gasteiger charge is 2.47. The van der Waals surface area contributed by atoms with Crippen molar-refractivity contribution in [2.24, 2.45) is 0 Å². The second kappa shape index (κ2) is 43.4. The van der Waals surface area contributed by atoms with Gasteiger partial charge in [-0.15, -0.1) is 0 Å². The SMILES string of the molecule is CC/C=C/C=C/C=C\C=C/CCCCC(O)C(=O)NC(COC1OC(CO)C(O)C(O)C1OC(=O)CCCCC/C=C\CCCCCCCCC)C(O)/C=C/CCCCCCCCCCC. The Morgan fingerprint density at radius 2 is 1.11 bits per heavy atom. The Morgan fingerprint density at radius 1 is 0.606 bits per heavy atom. The van der Waals surface area contributed by atoms with Crippen LogP contribution in [-0.2, 0) is 23.8 Å². The van der Waals surface area contributed by atoms with Gasteiger partial charge in [0, 0.05) is 6.42 Å². The molecule has 1 heterocycles. The van der Waals surface area contributed by atoms with Crippen LogP contribution in [0.3, 0.4) is 0 Å². The summed E-state index contributed by atoms with van der Waals surface area (Å²) in [5.41, 5.74) is 0. The predicted octanol–water partition coefficient (Wildman–Crippen LogP) is 10.9. The summed E-state index contributed by atoms with van der Waals surface area (Å²) >= 11 is 0. The van der Waals surface area contributed by atoms with E-state index in [4.69, 9.17) is 14.2 Å². The van der Waals surface area contributed by atoms with Crippen molar-refractivity contribution in [3.8, 4) is 0 Å². The van der Waals surface area contributed by atoms with E-state index < -0.39 is 67.4 Å². The molecule has 0 aliphatic carbocycles. The van der Waals surface area contributed by atoms with Crippen LogP contribution in [0.2, 0.25) is 0 Å². The number of esters is 1. The van der Waals surface area contributed by atoms with Crippen LogP contribution in [-0.4, -0.2) is 99.6 Å². The molecule has 0 aromatic carbocycles. The highest BCUT2D eigenvalue weighted by atomic mass is 16.7. The fraction of sp³-hybridized carbons (Fsp3) is 0.745. The van der Waals surface area contributed by atoms with Crippen LogP contribution in [0.25, 0.3) is 0 Å². The zero-order valence-corrected chi connectivity index (χ0v) is 41.5. The number of carbonyl (C=O) groups is 2. The summed E-state index contributed by atoms with van der Waals surface area (Å²) in [5.74, 6) is -1.26. The Hall–Kier alpha value is -2.90. The normalized spacial score (nSPS) is 20.8. The number of hydrogen-bond donors (Lipinski definition) is 6. The Morgan fingerprint density at radius 3 is 1.68 bits per heavy atom. The number of nitrogens with one attached hydrogen (secondary N) is 1. The molecule has 8 atom stereocenters. The van der Waals surface area contributed by atoms with Gasteiger partial charge in [-0.2, -0.15) is 0 Å². The van der Waals surface area contributed by atoms with E-state index in [1.165, 1.54) is 83.5 Å². The highest BCUT2D eigenvalue weighted by molar-refractivity contribution is 5.80. The molecule has 1 rings (SSSR count). The fourth-order valence-corrected chi connectivity index (χ4v) is 7.71. The first-order chi connectivity index (χ1) is 32.2. The monoisotopic (exact) mass is 930 g/mol. The van der Waals surface area contributed by atoms with Crippen molar-refractivity contribution in [3.63, 3.8) is 0 Å². The van der Waals surface area contributed by atoms with Crippen molar-refractivity contribution in [2.45, 2.75) is 250 Å². The Bertz CT molecular complexity index is 1340. The smallest absolute Gasteiger partial charge is 0.306 e. The van der Waals surface area contributed by atoms with Gasteiger partial charge in [-0.05, 0) is 70.6 Å². The molecule has 0 saturated carbocycles. The third-order valence-corrected chi connectivity index (χ3v) is 11.9. The zero-order valence-electron chi connectivity index (χ0n) is 41.5. The van der Waals surface area contributed by atoms with Crippen LogP contribution >= 0.6 is 0 Å². The molecule has 11 nitrogen and oxygen atoms in total. The van der Waals surface area contributed by atoms with Crippen LogP contribution < -0.4 is 5.32 Å². The molecular formula is C55H95NO10. The van der Waals surface area contributed by atoms with Crippen molar-refractivity contribution in [1.29, 1.82) is 0 Å². The molecule has 6 N–H and O–H groups in total. The minimum atomic E-state index is -1.63. The number of allylic oxidation sites excluding steroid dienone is 11. The van der Waals surface area contributed by atoms with Gasteiger partial charge in [-0.25, -0.2) is 0 Å². The van der Waals surface area contributed by atoms with Crippen LogP contribution in [0.5, 0.6) is 0 Å². The molecule has 0 radical (unpaired) electrons. The Balaban J connectivity index is 2.82. The van der Waals surface area contributed by atoms with Gasteiger partial charge in [0.2, 0.25) is 5.91 Å². The summed E-state index contributed by atoms with van der Waals surface area (Å²) in [7, 11) is 0. The van der Waals surface area contributed by atoms with Gasteiger partial charge < -0.3 is 45.1 Å². The maximum atomic E-state index is 13.3. The number of aliphatic hydroxyl groups is 5. The topological polar surface area (TPSA) is 175 Å². The third-order valence-electron chi connectivity index (χ3n) is 11.9. The quantitative estimate of drug-likeness (QED) is 0.0150. The fourth-order valence-electron chi connectivity index (χ4n) is 7.71. The van der Waals surface area contributed by atoms with Crippen molar-refractivity contribution in [2.75, 3.05) is 13.2 Å². The number of aliphatic hydroxyl groups excluding tert-OH is 5. The highest BCUT2D eigenvalue weighted by Crippen LogP contribution is 2.26. The first kappa shape index (κ1) is 61.1. The average molecular weight is 930 g/mol. The van der Waals surface area contributed by atoms with Crippen LogP contribution in [0.15, 0.2) is 72.9 Å². The summed E-state index contributed by atoms with van der Waals surface area (Å²) in [6.45, 7) is 5.56. The molecule has 8 unspecified atom stereocenters. The second-order valence-corrected chi connectivity index (χ2v) is 18.0. The molecule has 0 aromatic heterocycles. The van der Waals surface area contributed by atoms with Gasteiger partial charge in [-0.1, -0.05) is 196 Å². The van der Waals surface area contributed by atoms with Crippen LogP contribution in [0.1, 0.15) is 201 Å². The molecular weight excluding hydrogens is 835 g/mol. The molecule has 1 aliphatic rings. The number of ether oxygens (including phenoxy) is 3. The van der Waals surface area contributed by atoms with Crippen molar-refractivity contribution in [1.82, 2.24) is 5.32 Å². The molecule has 0 spiro atoms. The lowest BCUT2D eigenvalue weighted by atomic mass is 9.99. The summed E-state index contributed by atoms with van der Waals surface area (Å²) in [6, 6.07) is -1.05. The molecule has 0 bridgehead atoms. The molecule has 1 fully saturated rings. The van der Waals surface area contributed by atoms with Crippen molar-refractivity contribution >= 4 is 11.9 Å². The number of amides is 1. The minimum absolute atomic E-state index is 0.0956. The average Bonchev–Trinajstić information content (AvgIpc) is 3.31. The van der Waals surface area contributed by atoms with Crippen LogP contribution in [0.4, 0.5) is 0 Å². The summed E-state index contributed by atoms with van der Waals surface area (Å²) in [5, 5.41) is 56.5. The summed E-state index contributed by atoms with van der Waals surface area (Å²) in [6.07, 6.45) is 42.5. The van der Waals surface area contributed by atoms with E-state index >= 15 is 0 Å². The first-order valence-electron chi connectivity index (χ1n) is 26.3. The Labute approximate surface area is 400 Å². The van der Waals surface area contributed by atoms with E-state index in [-0.39, 0.29) is 19.4 Å². The molecule has 380 valence electrons. The van der Waals surface area contributed by atoms with Gasteiger partial charge >= 0.3 is 5.97 Å². The molecule has 66 heavy (non-hydrogen) atoms. The van der Waals surface area contributed by atoms with E-state index in [0.717, 1.165) is 70.6 Å². The maximum absolute atomic E-state index is 13.3. The zero-order chi connectivity index (χ0) is 48.3.